The third-order valence-corrected chi connectivity index (χ3v) is 0. The van der Waals surface area contributed by atoms with Crippen molar-refractivity contribution < 1.29 is 16.0 Å². The second kappa shape index (κ2) is 2.95. The molecule has 0 aromatic rings. The summed E-state index contributed by atoms with van der Waals surface area (Å²) in [7, 11) is 0. The van der Waals surface area contributed by atoms with Gasteiger partial charge in [-0.1, -0.05) is 0 Å². The molecule has 3 N–H and O–H groups in total. The Morgan fingerprint density at radius 2 is 1.17 bits per heavy atom. The van der Waals surface area contributed by atoms with E-state index in [1.807, 2.05) is 0 Å². The summed E-state index contributed by atoms with van der Waals surface area (Å²) in [5, 5.41) is 0. The molecule has 6 heteroatoms. The Balaban J connectivity index is 0. The van der Waals surface area contributed by atoms with Gasteiger partial charge in [0.15, 0.2) is 0 Å². The van der Waals surface area contributed by atoms with E-state index in [0.29, 0.717) is 0 Å². The molecule has 0 aromatic heterocycles. The van der Waals surface area contributed by atoms with Crippen molar-refractivity contribution in [3.63, 3.8) is 0 Å². The number of hydrogen-bond acceptors (Lipinski definition) is 1. The van der Waals surface area contributed by atoms with E-state index < -0.39 is 14.5 Å². The molecule has 0 heterocycles. The molecular formula is H6AsGaO4. The number of hydrogen-bond donors (Lipinski definition) is 3. The van der Waals surface area contributed by atoms with Gasteiger partial charge < -0.3 is 0 Å². The monoisotopic (exact) mass is 214 g/mol. The Morgan fingerprint density at radius 1 is 1.17 bits per heavy atom. The van der Waals surface area contributed by atoms with Crippen LogP contribution in [-0.4, -0.2) is 46.6 Å². The van der Waals surface area contributed by atoms with Crippen LogP contribution in [0.5, 0.6) is 0 Å². The van der Waals surface area contributed by atoms with Gasteiger partial charge in [-0.05, 0) is 0 Å². The molecule has 0 rings (SSSR count). The van der Waals surface area contributed by atoms with E-state index in [1.165, 1.54) is 0 Å². The quantitative estimate of drug-likeness (QED) is 0.368. The van der Waals surface area contributed by atoms with Crippen LogP contribution in [0.4, 0.5) is 0 Å². The first-order valence-electron chi connectivity index (χ1n) is 0.783. The third kappa shape index (κ3) is 95.6. The van der Waals surface area contributed by atoms with Crippen LogP contribution < -0.4 is 0 Å². The van der Waals surface area contributed by atoms with E-state index in [1.54, 1.807) is 0 Å². The zero-order valence-corrected chi connectivity index (χ0v) is 4.07. The normalized spacial score (nSPS) is 9.83. The zero-order chi connectivity index (χ0) is 4.50. The van der Waals surface area contributed by atoms with Gasteiger partial charge in [-0.2, -0.15) is 0 Å². The van der Waals surface area contributed by atoms with E-state index in [2.05, 4.69) is 0 Å². The first kappa shape index (κ1) is 9.98. The maximum absolute atomic E-state index is 8.94. The topological polar surface area (TPSA) is 77.8 Å². The Bertz CT molecular complexity index is 53.7. The van der Waals surface area contributed by atoms with Gasteiger partial charge in [-0.15, -0.1) is 0 Å². The molecule has 4 nitrogen and oxygen atoms in total. The van der Waals surface area contributed by atoms with Crippen molar-refractivity contribution in [3.8, 4) is 0 Å². The van der Waals surface area contributed by atoms with Crippen LogP contribution in [-0.2, 0) is 3.74 Å². The molecule has 0 saturated heterocycles. The Labute approximate surface area is 50.6 Å². The number of rotatable bonds is 0. The summed E-state index contributed by atoms with van der Waals surface area (Å²) in [5.74, 6) is 0. The van der Waals surface area contributed by atoms with Gasteiger partial charge in [0.05, 0.1) is 0 Å². The van der Waals surface area contributed by atoms with E-state index >= 15 is 0 Å². The molecule has 0 bridgehead atoms. The van der Waals surface area contributed by atoms with Gasteiger partial charge in [0, 0.05) is 0 Å². The molecule has 6 heavy (non-hydrogen) atoms. The second-order valence-corrected chi connectivity index (χ2v) is 2.67. The fraction of sp³-hybridized carbons (Fsp3) is 0. The van der Waals surface area contributed by atoms with Gasteiger partial charge >= 0.3 is 50.3 Å². The van der Waals surface area contributed by atoms with E-state index in [9.17, 15) is 0 Å². The summed E-state index contributed by atoms with van der Waals surface area (Å²) in [6, 6.07) is 0. The summed E-state index contributed by atoms with van der Waals surface area (Å²) < 4.78 is 30.7. The Morgan fingerprint density at radius 3 is 1.17 bits per heavy atom. The third-order valence-electron chi connectivity index (χ3n) is 0. The Hall–Kier alpha value is 0.875. The summed E-state index contributed by atoms with van der Waals surface area (Å²) in [6.07, 6.45) is 0. The van der Waals surface area contributed by atoms with Crippen LogP contribution in [0.3, 0.4) is 0 Å². The summed E-state index contributed by atoms with van der Waals surface area (Å²) in [4.78, 5) is 0. The van der Waals surface area contributed by atoms with Crippen LogP contribution >= 0.6 is 0 Å². The minimum atomic E-state index is -5.12. The zero-order valence-electron chi connectivity index (χ0n) is 2.20. The van der Waals surface area contributed by atoms with Crippen molar-refractivity contribution in [1.29, 1.82) is 0 Å². The molecule has 0 aliphatic rings. The van der Waals surface area contributed by atoms with Crippen molar-refractivity contribution in [2.45, 2.75) is 0 Å². The standard InChI is InChI=1S/AsH3O4.Ga.3H/c2-1(3,4)5;;;;/h(H3,2,3,4,5);;;;. The van der Waals surface area contributed by atoms with Gasteiger partial charge in [0.1, 0.15) is 0 Å². The summed E-state index contributed by atoms with van der Waals surface area (Å²) in [5.41, 5.74) is 0. The van der Waals surface area contributed by atoms with Crippen LogP contribution in [0, 0.1) is 0 Å². The van der Waals surface area contributed by atoms with Crippen molar-refractivity contribution in [2.75, 3.05) is 0 Å². The first-order valence-corrected chi connectivity index (χ1v) is 4.07. The van der Waals surface area contributed by atoms with Gasteiger partial charge in [0.2, 0.25) is 0 Å². The SMILES string of the molecule is O=[As](O)(O)O.[GaH3]. The maximum atomic E-state index is 8.94. The van der Waals surface area contributed by atoms with Crippen LogP contribution in [0.15, 0.2) is 0 Å². The van der Waals surface area contributed by atoms with E-state index in [4.69, 9.17) is 16.0 Å². The first-order chi connectivity index (χ1) is 2.00. The molecule has 0 unspecified atom stereocenters. The Kier molecular flexibility index (Phi) is 4.92. The van der Waals surface area contributed by atoms with E-state index in [-0.39, 0.29) is 19.8 Å². The molecule has 0 saturated carbocycles. The van der Waals surface area contributed by atoms with Crippen molar-refractivity contribution in [1.82, 2.24) is 0 Å². The molecule has 0 fully saturated rings. The van der Waals surface area contributed by atoms with Gasteiger partial charge in [0.25, 0.3) is 0 Å². The predicted molar refractivity (Wildman–Crippen MR) is 23.0 cm³/mol. The molecule has 0 radical (unpaired) electrons. The van der Waals surface area contributed by atoms with Gasteiger partial charge in [-0.25, -0.2) is 0 Å². The average Bonchev–Trinajstić information content (AvgIpc) is 0.722. The van der Waals surface area contributed by atoms with Crippen molar-refractivity contribution in [3.05, 3.63) is 0 Å². The van der Waals surface area contributed by atoms with Crippen molar-refractivity contribution >= 4 is 34.3 Å². The molecular weight excluding hydrogens is 209 g/mol. The predicted octanol–water partition coefficient (Wildman–Crippen LogP) is -3.35. The fourth-order valence-electron chi connectivity index (χ4n) is 0. The molecule has 0 aromatic carbocycles. The summed E-state index contributed by atoms with van der Waals surface area (Å²) >= 11 is -5.12. The molecule has 0 aliphatic carbocycles. The molecule has 0 atom stereocenters. The van der Waals surface area contributed by atoms with E-state index in [0.717, 1.165) is 0 Å². The minimum absolute atomic E-state index is 0. The van der Waals surface area contributed by atoms with Crippen molar-refractivity contribution in [2.24, 2.45) is 0 Å². The van der Waals surface area contributed by atoms with Crippen LogP contribution in [0.1, 0.15) is 0 Å². The van der Waals surface area contributed by atoms with Crippen LogP contribution in [0.2, 0.25) is 0 Å². The second-order valence-electron chi connectivity index (χ2n) is 0.513. The van der Waals surface area contributed by atoms with Crippen LogP contribution in [0.25, 0.3) is 0 Å². The summed E-state index contributed by atoms with van der Waals surface area (Å²) in [6.45, 7) is 0. The molecule has 0 amide bonds. The fourth-order valence-corrected chi connectivity index (χ4v) is 0. The van der Waals surface area contributed by atoms with Gasteiger partial charge in [-0.3, -0.25) is 0 Å². The molecule has 38 valence electrons. The molecule has 0 aliphatic heterocycles. The average molecular weight is 215 g/mol. The molecule has 0 spiro atoms.